The van der Waals surface area contributed by atoms with Crippen LogP contribution >= 0.6 is 0 Å². The molecule has 1 saturated heterocycles. The highest BCUT2D eigenvalue weighted by molar-refractivity contribution is 5.89. The third-order valence-corrected chi connectivity index (χ3v) is 9.26. The Hall–Kier alpha value is -3.82. The van der Waals surface area contributed by atoms with Crippen molar-refractivity contribution in [1.82, 2.24) is 29.1 Å². The zero-order valence-electron chi connectivity index (χ0n) is 25.0. The zero-order valence-corrected chi connectivity index (χ0v) is 25.0. The molecule has 2 aromatic heterocycles. The van der Waals surface area contributed by atoms with Crippen LogP contribution in [0.2, 0.25) is 0 Å². The number of hydrogen-bond acceptors (Lipinski definition) is 6. The summed E-state index contributed by atoms with van der Waals surface area (Å²) in [6, 6.07) is 17.0. The summed E-state index contributed by atoms with van der Waals surface area (Å²) < 4.78 is 3.21. The number of carbonyl (C=O) groups is 1. The Morgan fingerprint density at radius 1 is 1.12 bits per heavy atom. The number of aromatic nitrogens is 4. The molecule has 1 fully saturated rings. The fourth-order valence-corrected chi connectivity index (χ4v) is 6.75. The minimum Gasteiger partial charge on any atom is -0.388 e. The topological polar surface area (TPSA) is 96.5 Å². The number of aryl methyl sites for hydroxylation is 2. The van der Waals surface area contributed by atoms with Crippen molar-refractivity contribution >= 4 is 16.9 Å². The third kappa shape index (κ3) is 5.27. The molecule has 4 aromatic rings. The average molecular weight is 569 g/mol. The van der Waals surface area contributed by atoms with Crippen LogP contribution < -0.4 is 5.56 Å². The maximum absolute atomic E-state index is 13.5. The first-order chi connectivity index (χ1) is 20.1. The Bertz CT molecular complexity index is 1670. The van der Waals surface area contributed by atoms with Crippen molar-refractivity contribution in [2.75, 3.05) is 27.2 Å². The second-order valence-electron chi connectivity index (χ2n) is 12.4. The van der Waals surface area contributed by atoms with E-state index in [9.17, 15) is 14.7 Å². The summed E-state index contributed by atoms with van der Waals surface area (Å²) in [7, 11) is 6.07. The first kappa shape index (κ1) is 28.3. The lowest BCUT2D eigenvalue weighted by Crippen LogP contribution is -2.49. The van der Waals surface area contributed by atoms with Crippen LogP contribution in [0.3, 0.4) is 0 Å². The summed E-state index contributed by atoms with van der Waals surface area (Å²) in [6.07, 6.45) is 4.89. The van der Waals surface area contributed by atoms with Gasteiger partial charge in [-0.25, -0.2) is 4.98 Å². The predicted molar refractivity (Wildman–Crippen MR) is 163 cm³/mol. The van der Waals surface area contributed by atoms with Crippen LogP contribution in [0.4, 0.5) is 0 Å². The minimum absolute atomic E-state index is 0.0958. The second kappa shape index (κ2) is 11.1. The van der Waals surface area contributed by atoms with Gasteiger partial charge in [0, 0.05) is 38.2 Å². The minimum atomic E-state index is -1.10. The van der Waals surface area contributed by atoms with Crippen LogP contribution in [-0.2, 0) is 24.8 Å². The monoisotopic (exact) mass is 568 g/mol. The Morgan fingerprint density at radius 3 is 2.57 bits per heavy atom. The lowest BCUT2D eigenvalue weighted by molar-refractivity contribution is -0.136. The molecule has 1 N–H and O–H groups in total. The van der Waals surface area contributed by atoms with Crippen LogP contribution in [0.5, 0.6) is 0 Å². The molecule has 2 atom stereocenters. The van der Waals surface area contributed by atoms with Crippen molar-refractivity contribution in [3.63, 3.8) is 0 Å². The maximum atomic E-state index is 13.5. The number of likely N-dealkylation sites (tertiary alicyclic amines) is 1. The molecule has 9 nitrogen and oxygen atoms in total. The maximum Gasteiger partial charge on any atom is 0.281 e. The van der Waals surface area contributed by atoms with Crippen LogP contribution in [0.1, 0.15) is 61.3 Å². The van der Waals surface area contributed by atoms with E-state index in [0.29, 0.717) is 49.4 Å². The number of hydrogen-bond donors (Lipinski definition) is 1. The molecule has 220 valence electrons. The van der Waals surface area contributed by atoms with E-state index in [1.165, 1.54) is 22.0 Å². The van der Waals surface area contributed by atoms with Gasteiger partial charge in [-0.2, -0.15) is 5.10 Å². The van der Waals surface area contributed by atoms with Crippen molar-refractivity contribution in [3.05, 3.63) is 81.9 Å². The lowest BCUT2D eigenvalue weighted by atomic mass is 9.90. The molecule has 0 spiro atoms. The standard InChI is InChI=1S/C33H40N6O3/c1-22(23-8-6-5-7-9-23)18-28(40)38-16-14-33(42,15-17-38)20-39-21-34-29-30(32(39)41)35-37(4)31(29)25-10-12-26-24(19-25)11-13-27(26)36(2)3/h5-10,12,19,21-22,27,42H,11,13-18,20H2,1-4H3. The highest BCUT2D eigenvalue weighted by Crippen LogP contribution is 2.37. The first-order valence-corrected chi connectivity index (χ1v) is 14.9. The van der Waals surface area contributed by atoms with Crippen LogP contribution in [0.15, 0.2) is 59.7 Å². The first-order valence-electron chi connectivity index (χ1n) is 14.9. The van der Waals surface area contributed by atoms with Gasteiger partial charge in [-0.05, 0) is 68.5 Å². The van der Waals surface area contributed by atoms with Gasteiger partial charge in [0.25, 0.3) is 5.56 Å². The van der Waals surface area contributed by atoms with E-state index in [1.807, 2.05) is 42.3 Å². The van der Waals surface area contributed by atoms with E-state index in [1.54, 1.807) is 4.68 Å². The summed E-state index contributed by atoms with van der Waals surface area (Å²) in [5.74, 6) is 0.226. The van der Waals surface area contributed by atoms with Gasteiger partial charge in [-0.3, -0.25) is 18.8 Å². The fourth-order valence-electron chi connectivity index (χ4n) is 6.75. The molecule has 2 aromatic carbocycles. The number of nitrogens with zero attached hydrogens (tertiary/aromatic N) is 6. The van der Waals surface area contributed by atoms with Gasteiger partial charge >= 0.3 is 0 Å². The van der Waals surface area contributed by atoms with Crippen molar-refractivity contribution in [3.8, 4) is 11.3 Å². The third-order valence-electron chi connectivity index (χ3n) is 9.26. The molecule has 0 bridgehead atoms. The van der Waals surface area contributed by atoms with Gasteiger partial charge in [-0.1, -0.05) is 49.4 Å². The van der Waals surface area contributed by atoms with Crippen molar-refractivity contribution < 1.29 is 9.90 Å². The van der Waals surface area contributed by atoms with Crippen LogP contribution in [-0.4, -0.2) is 72.9 Å². The molecule has 2 aliphatic rings. The summed E-state index contributed by atoms with van der Waals surface area (Å²) in [4.78, 5) is 35.3. The van der Waals surface area contributed by atoms with E-state index in [-0.39, 0.29) is 23.9 Å². The molecule has 9 heteroatoms. The van der Waals surface area contributed by atoms with Gasteiger partial charge < -0.3 is 14.9 Å². The number of aliphatic hydroxyl groups is 1. The highest BCUT2D eigenvalue weighted by atomic mass is 16.3. The van der Waals surface area contributed by atoms with Crippen molar-refractivity contribution in [2.45, 2.75) is 63.1 Å². The smallest absolute Gasteiger partial charge is 0.281 e. The van der Waals surface area contributed by atoms with Gasteiger partial charge in [0.2, 0.25) is 5.91 Å². The average Bonchev–Trinajstić information content (AvgIpc) is 3.56. The molecule has 1 aliphatic heterocycles. The van der Waals surface area contributed by atoms with Crippen LogP contribution in [0, 0.1) is 0 Å². The second-order valence-corrected chi connectivity index (χ2v) is 12.4. The summed E-state index contributed by atoms with van der Waals surface area (Å²) in [6.45, 7) is 3.11. The van der Waals surface area contributed by atoms with E-state index in [4.69, 9.17) is 0 Å². The van der Waals surface area contributed by atoms with Crippen molar-refractivity contribution in [1.29, 1.82) is 0 Å². The molecule has 0 radical (unpaired) electrons. The molecular formula is C33H40N6O3. The van der Waals surface area contributed by atoms with Gasteiger partial charge in [-0.15, -0.1) is 0 Å². The quantitative estimate of drug-likeness (QED) is 0.363. The number of benzene rings is 2. The van der Waals surface area contributed by atoms with E-state index >= 15 is 0 Å². The number of amides is 1. The van der Waals surface area contributed by atoms with Gasteiger partial charge in [0.15, 0.2) is 5.52 Å². The molecule has 2 unspecified atom stereocenters. The fraction of sp³-hybridized carbons (Fsp3) is 0.455. The van der Waals surface area contributed by atoms with E-state index in [0.717, 1.165) is 29.7 Å². The zero-order chi connectivity index (χ0) is 29.6. The molecule has 6 rings (SSSR count). The summed E-state index contributed by atoms with van der Waals surface area (Å²) >= 11 is 0. The number of carbonyl (C=O) groups excluding carboxylic acids is 1. The number of rotatable bonds is 7. The lowest BCUT2D eigenvalue weighted by Gasteiger charge is -2.38. The van der Waals surface area contributed by atoms with Gasteiger partial charge in [0.05, 0.1) is 24.2 Å². The molecule has 3 heterocycles. The van der Waals surface area contributed by atoms with E-state index in [2.05, 4.69) is 54.2 Å². The highest BCUT2D eigenvalue weighted by Gasteiger charge is 2.35. The SMILES string of the molecule is CC(CC(=O)N1CCC(O)(Cn2cnc3c(-c4ccc5c(c4)CCC5N(C)C)n(C)nc3c2=O)CC1)c1ccccc1. The molecule has 0 saturated carbocycles. The number of fused-ring (bicyclic) bond motifs is 2. The summed E-state index contributed by atoms with van der Waals surface area (Å²) in [5, 5.41) is 16.0. The van der Waals surface area contributed by atoms with E-state index < -0.39 is 5.60 Å². The molecular weight excluding hydrogens is 528 g/mol. The summed E-state index contributed by atoms with van der Waals surface area (Å²) in [5.41, 5.74) is 5.16. The Morgan fingerprint density at radius 2 is 1.86 bits per heavy atom. The molecule has 1 amide bonds. The Labute approximate surface area is 246 Å². The van der Waals surface area contributed by atoms with Crippen molar-refractivity contribution in [2.24, 2.45) is 7.05 Å². The number of piperidine rings is 1. The Kier molecular flexibility index (Phi) is 7.49. The largest absolute Gasteiger partial charge is 0.388 e. The Balaban J connectivity index is 1.16. The predicted octanol–water partition coefficient (Wildman–Crippen LogP) is 3.89. The van der Waals surface area contributed by atoms with Gasteiger partial charge in [0.1, 0.15) is 5.52 Å². The van der Waals surface area contributed by atoms with Crippen LogP contribution in [0.25, 0.3) is 22.3 Å². The molecule has 1 aliphatic carbocycles. The normalized spacial score (nSPS) is 18.9. The molecule has 42 heavy (non-hydrogen) atoms.